The first-order chi connectivity index (χ1) is 11.3. The molecular weight excluding hydrogens is 396 g/mol. The third kappa shape index (κ3) is 2.77. The van der Waals surface area contributed by atoms with Crippen molar-refractivity contribution in [2.24, 2.45) is 5.73 Å². The molecular formula is C16H13BrN2O4S. The summed E-state index contributed by atoms with van der Waals surface area (Å²) in [5.74, 6) is -1.76. The summed E-state index contributed by atoms with van der Waals surface area (Å²) in [6.45, 7) is -0.350. The summed E-state index contributed by atoms with van der Waals surface area (Å²) in [6.07, 6.45) is -0.398. The smallest absolute Gasteiger partial charge is 0.264 e. The van der Waals surface area contributed by atoms with E-state index in [1.807, 2.05) is 0 Å². The molecule has 0 radical (unpaired) electrons. The van der Waals surface area contributed by atoms with Gasteiger partial charge in [-0.15, -0.1) is 11.3 Å². The molecule has 124 valence electrons. The average molecular weight is 409 g/mol. The molecule has 3 N–H and O–H groups in total. The number of primary amides is 1. The molecule has 1 aromatic carbocycles. The summed E-state index contributed by atoms with van der Waals surface area (Å²) in [6, 6.07) is 9.89. The van der Waals surface area contributed by atoms with Gasteiger partial charge in [0.15, 0.2) is 11.4 Å². The monoisotopic (exact) mass is 408 g/mol. The largest absolute Gasteiger partial charge is 0.375 e. The summed E-state index contributed by atoms with van der Waals surface area (Å²) in [4.78, 5) is 38.0. The van der Waals surface area contributed by atoms with Crippen molar-refractivity contribution in [3.8, 4) is 0 Å². The van der Waals surface area contributed by atoms with Crippen molar-refractivity contribution in [1.29, 1.82) is 0 Å². The van der Waals surface area contributed by atoms with E-state index in [9.17, 15) is 19.5 Å². The molecule has 24 heavy (non-hydrogen) atoms. The normalized spacial score (nSPS) is 19.4. The number of ketones is 1. The Bertz CT molecular complexity index is 850. The van der Waals surface area contributed by atoms with Crippen LogP contribution in [0.5, 0.6) is 0 Å². The number of aliphatic hydroxyl groups is 1. The number of rotatable bonds is 5. The topological polar surface area (TPSA) is 101 Å². The van der Waals surface area contributed by atoms with Crippen LogP contribution in [0.3, 0.4) is 0 Å². The minimum atomic E-state index is -2.00. The fourth-order valence-electron chi connectivity index (χ4n) is 2.77. The van der Waals surface area contributed by atoms with Crippen LogP contribution in [0.25, 0.3) is 0 Å². The Morgan fingerprint density at radius 2 is 1.96 bits per heavy atom. The molecule has 0 bridgehead atoms. The summed E-state index contributed by atoms with van der Waals surface area (Å²) < 4.78 is 0.784. The van der Waals surface area contributed by atoms with E-state index in [1.54, 1.807) is 36.4 Å². The number of halogens is 1. The minimum absolute atomic E-state index is 0.306. The lowest BCUT2D eigenvalue weighted by Crippen LogP contribution is -2.44. The van der Waals surface area contributed by atoms with Crippen LogP contribution in [-0.4, -0.2) is 29.2 Å². The van der Waals surface area contributed by atoms with Crippen molar-refractivity contribution in [2.75, 3.05) is 11.4 Å². The van der Waals surface area contributed by atoms with Crippen LogP contribution in [0.4, 0.5) is 5.69 Å². The number of para-hydroxylation sites is 1. The molecule has 1 aliphatic rings. The van der Waals surface area contributed by atoms with Crippen LogP contribution in [0.15, 0.2) is 40.2 Å². The van der Waals surface area contributed by atoms with Crippen molar-refractivity contribution >= 4 is 50.6 Å². The zero-order valence-electron chi connectivity index (χ0n) is 12.4. The lowest BCUT2D eigenvalue weighted by molar-refractivity contribution is -0.136. The molecule has 1 atom stereocenters. The molecule has 0 spiro atoms. The van der Waals surface area contributed by atoms with Crippen molar-refractivity contribution in [1.82, 2.24) is 0 Å². The first kappa shape index (κ1) is 16.8. The standard InChI is InChI=1S/C16H13BrN2O4S/c17-13-6-5-12(24-13)11(20)7-16(23)9-3-1-2-4-10(9)19(15(16)22)8-14(18)21/h1-6,23H,7-8H2,(H2,18,21). The van der Waals surface area contributed by atoms with Gasteiger partial charge < -0.3 is 10.8 Å². The Hall–Kier alpha value is -2.03. The van der Waals surface area contributed by atoms with Crippen molar-refractivity contribution in [3.63, 3.8) is 0 Å². The number of benzene rings is 1. The molecule has 3 rings (SSSR count). The van der Waals surface area contributed by atoms with E-state index in [4.69, 9.17) is 5.73 Å². The number of thiophene rings is 1. The van der Waals surface area contributed by atoms with Gasteiger partial charge in [0, 0.05) is 5.56 Å². The molecule has 2 heterocycles. The Kier molecular flexibility index (Phi) is 4.29. The van der Waals surface area contributed by atoms with Crippen LogP contribution < -0.4 is 10.6 Å². The SMILES string of the molecule is NC(=O)CN1C(=O)C(O)(CC(=O)c2ccc(Br)s2)c2ccccc21. The molecule has 2 aromatic rings. The highest BCUT2D eigenvalue weighted by molar-refractivity contribution is 9.11. The number of anilines is 1. The van der Waals surface area contributed by atoms with E-state index >= 15 is 0 Å². The van der Waals surface area contributed by atoms with Gasteiger partial charge in [0.05, 0.1) is 20.8 Å². The Labute approximate surface area is 150 Å². The molecule has 0 fully saturated rings. The zero-order valence-corrected chi connectivity index (χ0v) is 14.8. The lowest BCUT2D eigenvalue weighted by atomic mass is 9.89. The number of hydrogen-bond acceptors (Lipinski definition) is 5. The maximum Gasteiger partial charge on any atom is 0.264 e. The van der Waals surface area contributed by atoms with Gasteiger partial charge in [-0.05, 0) is 34.1 Å². The van der Waals surface area contributed by atoms with Gasteiger partial charge in [-0.2, -0.15) is 0 Å². The Morgan fingerprint density at radius 1 is 1.25 bits per heavy atom. The second-order valence-electron chi connectivity index (χ2n) is 5.44. The maximum atomic E-state index is 12.7. The number of hydrogen-bond donors (Lipinski definition) is 2. The summed E-state index contributed by atoms with van der Waals surface area (Å²) >= 11 is 4.51. The van der Waals surface area contributed by atoms with E-state index in [0.29, 0.717) is 16.1 Å². The molecule has 1 aliphatic heterocycles. The summed E-state index contributed by atoms with van der Waals surface area (Å²) in [7, 11) is 0. The van der Waals surface area contributed by atoms with Gasteiger partial charge in [-0.1, -0.05) is 18.2 Å². The fourth-order valence-corrected chi connectivity index (χ4v) is 4.10. The van der Waals surface area contributed by atoms with Crippen molar-refractivity contribution in [2.45, 2.75) is 12.0 Å². The van der Waals surface area contributed by atoms with Gasteiger partial charge >= 0.3 is 0 Å². The molecule has 0 aliphatic carbocycles. The van der Waals surface area contributed by atoms with Gasteiger partial charge in [-0.25, -0.2) is 0 Å². The van der Waals surface area contributed by atoms with Crippen LogP contribution >= 0.6 is 27.3 Å². The highest BCUT2D eigenvalue weighted by Gasteiger charge is 2.51. The molecule has 1 aromatic heterocycles. The average Bonchev–Trinajstić information content (AvgIpc) is 3.05. The molecule has 2 amide bonds. The third-order valence-electron chi connectivity index (χ3n) is 3.82. The zero-order chi connectivity index (χ0) is 17.5. The Balaban J connectivity index is 1.98. The fraction of sp³-hybridized carbons (Fsp3) is 0.188. The Morgan fingerprint density at radius 3 is 2.58 bits per heavy atom. The van der Waals surface area contributed by atoms with Gasteiger partial charge in [0.1, 0.15) is 6.54 Å². The quantitative estimate of drug-likeness (QED) is 0.736. The molecule has 0 saturated heterocycles. The van der Waals surface area contributed by atoms with Crippen molar-refractivity contribution < 1.29 is 19.5 Å². The van der Waals surface area contributed by atoms with E-state index in [-0.39, 0.29) is 12.3 Å². The molecule has 6 nitrogen and oxygen atoms in total. The van der Waals surface area contributed by atoms with Crippen molar-refractivity contribution in [3.05, 3.63) is 50.6 Å². The number of nitrogens with zero attached hydrogens (tertiary/aromatic N) is 1. The number of Topliss-reactive ketones (excluding diaryl/α,β-unsaturated/α-hetero) is 1. The van der Waals surface area contributed by atoms with E-state index in [1.165, 1.54) is 11.3 Å². The summed E-state index contributed by atoms with van der Waals surface area (Å²) in [5, 5.41) is 11.0. The van der Waals surface area contributed by atoms with Gasteiger partial charge in [-0.3, -0.25) is 19.3 Å². The summed E-state index contributed by atoms with van der Waals surface area (Å²) in [5.41, 5.74) is 3.89. The van der Waals surface area contributed by atoms with E-state index in [2.05, 4.69) is 15.9 Å². The predicted molar refractivity (Wildman–Crippen MR) is 92.9 cm³/mol. The van der Waals surface area contributed by atoms with Crippen LogP contribution in [-0.2, 0) is 15.2 Å². The van der Waals surface area contributed by atoms with Crippen LogP contribution in [0.2, 0.25) is 0 Å². The molecule has 1 unspecified atom stereocenters. The van der Waals surface area contributed by atoms with Gasteiger partial charge in [0.25, 0.3) is 5.91 Å². The van der Waals surface area contributed by atoms with Crippen LogP contribution in [0.1, 0.15) is 21.7 Å². The highest BCUT2D eigenvalue weighted by atomic mass is 79.9. The maximum absolute atomic E-state index is 12.7. The first-order valence-corrected chi connectivity index (χ1v) is 8.64. The number of fused-ring (bicyclic) bond motifs is 1. The molecule has 8 heteroatoms. The number of carbonyl (C=O) groups is 3. The van der Waals surface area contributed by atoms with E-state index in [0.717, 1.165) is 8.69 Å². The lowest BCUT2D eigenvalue weighted by Gasteiger charge is -2.21. The van der Waals surface area contributed by atoms with Gasteiger partial charge in [0.2, 0.25) is 5.91 Å². The van der Waals surface area contributed by atoms with E-state index < -0.39 is 23.8 Å². The van der Waals surface area contributed by atoms with Crippen LogP contribution in [0, 0.1) is 0 Å². The second-order valence-corrected chi connectivity index (χ2v) is 7.90. The number of amides is 2. The molecule has 0 saturated carbocycles. The minimum Gasteiger partial charge on any atom is -0.375 e. The first-order valence-electron chi connectivity index (χ1n) is 7.03. The predicted octanol–water partition coefficient (Wildman–Crippen LogP) is 1.80. The highest BCUT2D eigenvalue weighted by Crippen LogP contribution is 2.43. The number of carbonyl (C=O) groups excluding carboxylic acids is 3. The second kappa shape index (κ2) is 6.12. The number of nitrogens with two attached hydrogens (primary N) is 1. The third-order valence-corrected chi connectivity index (χ3v) is 5.48.